The lowest BCUT2D eigenvalue weighted by Gasteiger charge is -2.19. The average Bonchev–Trinajstić information content (AvgIpc) is 2.24. The van der Waals surface area contributed by atoms with Gasteiger partial charge in [0.2, 0.25) is 0 Å². The van der Waals surface area contributed by atoms with Crippen LogP contribution in [0.25, 0.3) is 0 Å². The molecule has 1 aromatic carbocycles. The summed E-state index contributed by atoms with van der Waals surface area (Å²) in [5.74, 6) is -0.364. The van der Waals surface area contributed by atoms with Crippen LogP contribution in [0.15, 0.2) is 23.2 Å². The number of nitrogens with two attached hydrogens (primary N) is 1. The van der Waals surface area contributed by atoms with E-state index in [2.05, 4.69) is 4.99 Å². The van der Waals surface area contributed by atoms with Gasteiger partial charge in [0.1, 0.15) is 0 Å². The van der Waals surface area contributed by atoms with Gasteiger partial charge < -0.3 is 5.73 Å². The molecule has 1 aromatic rings. The van der Waals surface area contributed by atoms with Crippen LogP contribution < -0.4 is 5.73 Å². The Balaban J connectivity index is 2.57. The van der Waals surface area contributed by atoms with E-state index in [-0.39, 0.29) is 17.2 Å². The summed E-state index contributed by atoms with van der Waals surface area (Å²) in [5, 5.41) is 0. The Morgan fingerprint density at radius 1 is 1.35 bits per heavy atom. The lowest BCUT2D eigenvalue weighted by Crippen LogP contribution is -2.29. The fraction of sp³-hybridized carbons (Fsp3) is 0.273. The van der Waals surface area contributed by atoms with Gasteiger partial charge in [-0.1, -0.05) is 6.07 Å². The number of nitrogens with zero attached hydrogens (tertiary/aromatic N) is 1. The van der Waals surface area contributed by atoms with Crippen LogP contribution in [0.5, 0.6) is 0 Å². The second-order valence-electron chi connectivity index (χ2n) is 3.81. The Hall–Kier alpha value is -1.69. The number of hydrogen-bond acceptors (Lipinski definition) is 3. The van der Waals surface area contributed by atoms with Gasteiger partial charge in [-0.15, -0.1) is 0 Å². The van der Waals surface area contributed by atoms with Crippen LogP contribution in [0.3, 0.4) is 0 Å². The topological polar surface area (TPSA) is 55.4 Å². The standard InChI is InChI=1S/C11H9F3N2O/c1-5-10(17)9(15)7-3-2-6(11(12,13)14)4-8(7)16-5/h2-4,9H,15H2,1H3. The van der Waals surface area contributed by atoms with E-state index >= 15 is 0 Å². The first-order chi connectivity index (χ1) is 7.80. The van der Waals surface area contributed by atoms with Crippen LogP contribution >= 0.6 is 0 Å². The Bertz CT molecular complexity index is 520. The molecular formula is C11H9F3N2O. The molecule has 1 unspecified atom stereocenters. The van der Waals surface area contributed by atoms with Gasteiger partial charge in [-0.2, -0.15) is 13.2 Å². The number of alkyl halides is 3. The van der Waals surface area contributed by atoms with E-state index in [4.69, 9.17) is 5.73 Å². The van der Waals surface area contributed by atoms with Gasteiger partial charge in [-0.3, -0.25) is 4.79 Å². The normalized spacial score (nSPS) is 19.9. The molecular weight excluding hydrogens is 233 g/mol. The van der Waals surface area contributed by atoms with Crippen molar-refractivity contribution in [3.05, 3.63) is 29.3 Å². The summed E-state index contributed by atoms with van der Waals surface area (Å²) >= 11 is 0. The Labute approximate surface area is 95.1 Å². The minimum Gasteiger partial charge on any atom is -0.317 e. The number of benzene rings is 1. The predicted molar refractivity (Wildman–Crippen MR) is 56.1 cm³/mol. The largest absolute Gasteiger partial charge is 0.416 e. The van der Waals surface area contributed by atoms with Gasteiger partial charge in [0.05, 0.1) is 23.0 Å². The zero-order chi connectivity index (χ0) is 12.8. The van der Waals surface area contributed by atoms with Crippen molar-refractivity contribution >= 4 is 17.2 Å². The summed E-state index contributed by atoms with van der Waals surface area (Å²) in [6, 6.07) is 2.09. The molecule has 0 radical (unpaired) electrons. The van der Waals surface area contributed by atoms with E-state index in [0.29, 0.717) is 5.56 Å². The lowest BCUT2D eigenvalue weighted by atomic mass is 9.95. The molecule has 6 heteroatoms. The van der Waals surface area contributed by atoms with Crippen molar-refractivity contribution in [1.29, 1.82) is 0 Å². The highest BCUT2D eigenvalue weighted by molar-refractivity contribution is 6.42. The SMILES string of the molecule is CC1=Nc2cc(C(F)(F)F)ccc2C(N)C1=O. The highest BCUT2D eigenvalue weighted by atomic mass is 19.4. The third kappa shape index (κ3) is 1.95. The summed E-state index contributed by atoms with van der Waals surface area (Å²) in [7, 11) is 0. The zero-order valence-corrected chi connectivity index (χ0v) is 8.88. The van der Waals surface area contributed by atoms with Crippen LogP contribution in [-0.2, 0) is 11.0 Å². The number of rotatable bonds is 0. The molecule has 0 bridgehead atoms. The minimum absolute atomic E-state index is 0.115. The van der Waals surface area contributed by atoms with Crippen LogP contribution in [0.2, 0.25) is 0 Å². The third-order valence-corrected chi connectivity index (χ3v) is 2.62. The van der Waals surface area contributed by atoms with Gasteiger partial charge in [-0.25, -0.2) is 4.99 Å². The van der Waals surface area contributed by atoms with E-state index in [0.717, 1.165) is 12.1 Å². The van der Waals surface area contributed by atoms with Crippen LogP contribution in [0, 0.1) is 0 Å². The number of carbonyl (C=O) groups excluding carboxylic acids is 1. The molecule has 17 heavy (non-hydrogen) atoms. The zero-order valence-electron chi connectivity index (χ0n) is 8.88. The highest BCUT2D eigenvalue weighted by Crippen LogP contribution is 2.36. The maximum Gasteiger partial charge on any atom is 0.416 e. The predicted octanol–water partition coefficient (Wildman–Crippen LogP) is 2.38. The Morgan fingerprint density at radius 2 is 2.00 bits per heavy atom. The highest BCUT2D eigenvalue weighted by Gasteiger charge is 2.33. The Morgan fingerprint density at radius 3 is 2.59 bits per heavy atom. The maximum absolute atomic E-state index is 12.5. The van der Waals surface area contributed by atoms with Gasteiger partial charge in [0.25, 0.3) is 0 Å². The Kier molecular flexibility index (Phi) is 2.54. The third-order valence-electron chi connectivity index (χ3n) is 2.62. The summed E-state index contributed by atoms with van der Waals surface area (Å²) in [6.07, 6.45) is -4.43. The molecule has 1 heterocycles. The van der Waals surface area contributed by atoms with Crippen molar-refractivity contribution in [2.45, 2.75) is 19.1 Å². The average molecular weight is 242 g/mol. The van der Waals surface area contributed by atoms with E-state index < -0.39 is 17.8 Å². The van der Waals surface area contributed by atoms with Gasteiger partial charge >= 0.3 is 6.18 Å². The first kappa shape index (κ1) is 11.8. The quantitative estimate of drug-likeness (QED) is 0.759. The van der Waals surface area contributed by atoms with E-state index in [1.807, 2.05) is 0 Å². The molecule has 0 aliphatic carbocycles. The molecule has 0 saturated carbocycles. The van der Waals surface area contributed by atoms with E-state index in [9.17, 15) is 18.0 Å². The van der Waals surface area contributed by atoms with E-state index in [1.165, 1.54) is 13.0 Å². The van der Waals surface area contributed by atoms with Crippen molar-refractivity contribution in [2.75, 3.05) is 0 Å². The molecule has 90 valence electrons. The smallest absolute Gasteiger partial charge is 0.317 e. The van der Waals surface area contributed by atoms with Crippen LogP contribution in [0.1, 0.15) is 24.1 Å². The molecule has 0 aromatic heterocycles. The minimum atomic E-state index is -4.43. The number of hydrogen-bond donors (Lipinski definition) is 1. The van der Waals surface area contributed by atoms with Crippen molar-refractivity contribution in [1.82, 2.24) is 0 Å². The molecule has 0 saturated heterocycles. The first-order valence-corrected chi connectivity index (χ1v) is 4.87. The monoisotopic (exact) mass is 242 g/mol. The molecule has 1 aliphatic rings. The molecule has 0 amide bonds. The number of fused-ring (bicyclic) bond motifs is 1. The molecule has 3 nitrogen and oxygen atoms in total. The van der Waals surface area contributed by atoms with Gasteiger partial charge in [-0.05, 0) is 19.1 Å². The van der Waals surface area contributed by atoms with Crippen LogP contribution in [-0.4, -0.2) is 11.5 Å². The van der Waals surface area contributed by atoms with Crippen molar-refractivity contribution in [3.8, 4) is 0 Å². The van der Waals surface area contributed by atoms with E-state index in [1.54, 1.807) is 0 Å². The van der Waals surface area contributed by atoms with Crippen molar-refractivity contribution in [3.63, 3.8) is 0 Å². The summed E-state index contributed by atoms with van der Waals surface area (Å²) in [4.78, 5) is 15.3. The number of aliphatic imine (C=N–C) groups is 1. The number of carbonyl (C=O) groups is 1. The fourth-order valence-corrected chi connectivity index (χ4v) is 1.68. The fourth-order valence-electron chi connectivity index (χ4n) is 1.68. The summed E-state index contributed by atoms with van der Waals surface area (Å²) in [5.41, 5.74) is 5.40. The molecule has 0 spiro atoms. The number of ketones is 1. The van der Waals surface area contributed by atoms with Crippen molar-refractivity contribution in [2.24, 2.45) is 10.7 Å². The molecule has 2 rings (SSSR count). The van der Waals surface area contributed by atoms with Crippen LogP contribution in [0.4, 0.5) is 18.9 Å². The summed E-state index contributed by atoms with van der Waals surface area (Å²) in [6.45, 7) is 1.44. The molecule has 1 atom stereocenters. The van der Waals surface area contributed by atoms with Gasteiger partial charge in [0.15, 0.2) is 5.78 Å². The second kappa shape index (κ2) is 3.66. The number of Topliss-reactive ketones (excluding diaryl/α,β-unsaturated/α-hetero) is 1. The second-order valence-corrected chi connectivity index (χ2v) is 3.81. The molecule has 0 fully saturated rings. The van der Waals surface area contributed by atoms with Crippen molar-refractivity contribution < 1.29 is 18.0 Å². The summed E-state index contributed by atoms with van der Waals surface area (Å²) < 4.78 is 37.4. The molecule has 2 N–H and O–H groups in total. The first-order valence-electron chi connectivity index (χ1n) is 4.87. The van der Waals surface area contributed by atoms with Gasteiger partial charge in [0, 0.05) is 5.56 Å². The maximum atomic E-state index is 12.5. The lowest BCUT2D eigenvalue weighted by molar-refractivity contribution is -0.137. The molecule has 1 aliphatic heterocycles. The number of halogens is 3.